The van der Waals surface area contributed by atoms with Gasteiger partial charge in [-0.15, -0.1) is 0 Å². The van der Waals surface area contributed by atoms with Gasteiger partial charge < -0.3 is 19.5 Å². The number of amides is 1. The molecule has 0 radical (unpaired) electrons. The Morgan fingerprint density at radius 1 is 0.979 bits per heavy atom. The van der Waals surface area contributed by atoms with Crippen molar-refractivity contribution in [1.29, 1.82) is 0 Å². The molecule has 1 aliphatic heterocycles. The van der Waals surface area contributed by atoms with Gasteiger partial charge in [0.25, 0.3) is 15.9 Å². The van der Waals surface area contributed by atoms with Gasteiger partial charge in [0.15, 0.2) is 0 Å². The van der Waals surface area contributed by atoms with E-state index in [4.69, 9.17) is 9.47 Å². The second kappa shape index (κ2) is 16.3. The number of nitrogens with one attached hydrogen (secondary N) is 1. The molecule has 11 nitrogen and oxygen atoms in total. The number of rotatable bonds is 9. The number of hydrogen-bond acceptors (Lipinski definition) is 8. The van der Waals surface area contributed by atoms with Gasteiger partial charge in [-0.3, -0.25) is 9.52 Å². The first-order valence-electron chi connectivity index (χ1n) is 16.2. The summed E-state index contributed by atoms with van der Waals surface area (Å²) in [6.07, 6.45) is 1.31. The Hall–Kier alpha value is -3.49. The lowest BCUT2D eigenvalue weighted by molar-refractivity contribution is -0.00833. The van der Waals surface area contributed by atoms with Gasteiger partial charge in [0.2, 0.25) is 10.0 Å². The Morgan fingerprint density at radius 2 is 1.67 bits per heavy atom. The molecule has 13 heteroatoms. The summed E-state index contributed by atoms with van der Waals surface area (Å²) in [6.45, 7) is 7.62. The molecule has 0 saturated carbocycles. The summed E-state index contributed by atoms with van der Waals surface area (Å²) in [5.74, 6) is -0.529. The molecular weight excluding hydrogens is 655 g/mol. The van der Waals surface area contributed by atoms with Crippen molar-refractivity contribution in [3.8, 4) is 5.75 Å². The van der Waals surface area contributed by atoms with E-state index in [9.17, 15) is 26.7 Å². The number of benzene rings is 3. The maximum atomic E-state index is 14.4. The van der Waals surface area contributed by atoms with Gasteiger partial charge in [-0.2, -0.15) is 4.31 Å². The normalized spacial score (nSPS) is 20.8. The van der Waals surface area contributed by atoms with Gasteiger partial charge in [0.1, 0.15) is 5.75 Å². The van der Waals surface area contributed by atoms with E-state index in [-0.39, 0.29) is 52.8 Å². The first kappa shape index (κ1) is 37.3. The molecule has 0 bridgehead atoms. The summed E-state index contributed by atoms with van der Waals surface area (Å²) in [7, 11) is -6.23. The van der Waals surface area contributed by atoms with Gasteiger partial charge in [-0.05, 0) is 82.5 Å². The molecule has 1 amide bonds. The number of ether oxygens (including phenoxy) is 2. The summed E-state index contributed by atoms with van der Waals surface area (Å²) in [5, 5.41) is 10.2. The number of hydrogen-bond donors (Lipinski definition) is 2. The summed E-state index contributed by atoms with van der Waals surface area (Å²) < 4.78 is 69.5. The molecule has 48 heavy (non-hydrogen) atoms. The summed E-state index contributed by atoms with van der Waals surface area (Å²) in [5.41, 5.74) is 1.26. The minimum Gasteiger partial charge on any atom is -0.490 e. The predicted octanol–water partition coefficient (Wildman–Crippen LogP) is 4.91. The molecule has 0 aromatic heterocycles. The predicted molar refractivity (Wildman–Crippen MR) is 185 cm³/mol. The fraction of sp³-hybridized carbons (Fsp3) is 0.457. The summed E-state index contributed by atoms with van der Waals surface area (Å²) in [6, 6.07) is 18.6. The van der Waals surface area contributed by atoms with Crippen molar-refractivity contribution in [3.05, 3.63) is 83.9 Å². The van der Waals surface area contributed by atoms with Crippen LogP contribution in [0.5, 0.6) is 5.75 Å². The van der Waals surface area contributed by atoms with E-state index >= 15 is 0 Å². The third-order valence-corrected chi connectivity index (χ3v) is 11.8. The van der Waals surface area contributed by atoms with E-state index in [0.717, 1.165) is 12.0 Å². The highest BCUT2D eigenvalue weighted by Crippen LogP contribution is 2.30. The Balaban J connectivity index is 1.67. The van der Waals surface area contributed by atoms with E-state index < -0.39 is 38.1 Å². The number of nitrogens with zero attached hydrogens (tertiary/aromatic N) is 2. The molecule has 0 aliphatic carbocycles. The molecule has 4 rings (SSSR count). The molecule has 0 spiro atoms. The highest BCUT2D eigenvalue weighted by atomic mass is 32.2. The van der Waals surface area contributed by atoms with E-state index in [1.54, 1.807) is 61.5 Å². The number of carbonyl (C=O) groups excluding carboxylic acids is 1. The van der Waals surface area contributed by atoms with Crippen LogP contribution in [-0.4, -0.2) is 88.7 Å². The van der Waals surface area contributed by atoms with Crippen LogP contribution in [0.1, 0.15) is 56.0 Å². The van der Waals surface area contributed by atoms with Gasteiger partial charge in [-0.1, -0.05) is 42.8 Å². The largest absolute Gasteiger partial charge is 0.490 e. The molecular formula is C35H47N3O8S2. The van der Waals surface area contributed by atoms with Crippen LogP contribution in [0.3, 0.4) is 0 Å². The number of anilines is 1. The molecule has 1 heterocycles. The van der Waals surface area contributed by atoms with Crippen molar-refractivity contribution in [1.82, 2.24) is 9.21 Å². The number of carbonyl (C=O) groups is 1. The van der Waals surface area contributed by atoms with Crippen molar-refractivity contribution in [2.45, 2.75) is 75.0 Å². The van der Waals surface area contributed by atoms with Crippen LogP contribution >= 0.6 is 0 Å². The van der Waals surface area contributed by atoms with Gasteiger partial charge in [0.05, 0.1) is 40.2 Å². The molecule has 0 saturated heterocycles. The average molecular weight is 702 g/mol. The maximum absolute atomic E-state index is 14.4. The highest BCUT2D eigenvalue weighted by molar-refractivity contribution is 7.92. The molecule has 0 unspecified atom stereocenters. The molecule has 0 fully saturated rings. The second-order valence-electron chi connectivity index (χ2n) is 12.5. The van der Waals surface area contributed by atoms with Crippen molar-refractivity contribution >= 4 is 31.6 Å². The first-order chi connectivity index (χ1) is 22.7. The minimum absolute atomic E-state index is 0.0500. The highest BCUT2D eigenvalue weighted by Gasteiger charge is 2.32. The van der Waals surface area contributed by atoms with Gasteiger partial charge in [-0.25, -0.2) is 16.8 Å². The molecule has 3 aromatic rings. The monoisotopic (exact) mass is 701 g/mol. The number of aliphatic hydroxyl groups excluding tert-OH is 1. The quantitative estimate of drug-likeness (QED) is 0.321. The Morgan fingerprint density at radius 3 is 2.33 bits per heavy atom. The fourth-order valence-corrected chi connectivity index (χ4v) is 7.76. The van der Waals surface area contributed by atoms with Crippen LogP contribution in [0.4, 0.5) is 5.69 Å². The standard InChI is InChI=1S/C35H47N3O8S2/c1-25-14-17-31(18-15-25)48(43,44)37(5)23-34-26(2)22-38(27(3)24-39)35(40)32-21-29(36-47(41,42)30-12-7-6-8-13-30)16-19-33(32)46-28(4)11-9-10-20-45-34/h6-8,12-19,21,26-28,34,36,39H,9-11,20,22-24H2,1-5H3/t26-,27-,28-,34-/m0/s1. The summed E-state index contributed by atoms with van der Waals surface area (Å²) >= 11 is 0. The fourth-order valence-electron chi connectivity index (χ4n) is 5.50. The average Bonchev–Trinajstić information content (AvgIpc) is 3.06. The van der Waals surface area contributed by atoms with Crippen LogP contribution in [0.15, 0.2) is 82.6 Å². The molecule has 4 atom stereocenters. The van der Waals surface area contributed by atoms with Gasteiger partial charge in [0, 0.05) is 38.3 Å². The van der Waals surface area contributed by atoms with Crippen LogP contribution in [0.2, 0.25) is 0 Å². The maximum Gasteiger partial charge on any atom is 0.261 e. The minimum atomic E-state index is -3.94. The lowest BCUT2D eigenvalue weighted by atomic mass is 10.0. The zero-order valence-corrected chi connectivity index (χ0v) is 29.8. The Labute approximate surface area is 285 Å². The van der Waals surface area contributed by atoms with Crippen LogP contribution in [0.25, 0.3) is 0 Å². The number of fused-ring (bicyclic) bond motifs is 1. The number of aryl methyl sites for hydroxylation is 1. The van der Waals surface area contributed by atoms with E-state index in [1.807, 2.05) is 20.8 Å². The molecule has 1 aliphatic rings. The molecule has 3 aromatic carbocycles. The van der Waals surface area contributed by atoms with Crippen LogP contribution in [0, 0.1) is 12.8 Å². The van der Waals surface area contributed by atoms with Crippen molar-refractivity contribution in [2.75, 3.05) is 38.1 Å². The van der Waals surface area contributed by atoms with E-state index in [1.165, 1.54) is 34.5 Å². The third kappa shape index (κ3) is 9.35. The summed E-state index contributed by atoms with van der Waals surface area (Å²) in [4.78, 5) is 16.1. The lowest BCUT2D eigenvalue weighted by Crippen LogP contribution is -2.48. The van der Waals surface area contributed by atoms with Crippen molar-refractivity contribution < 1.29 is 36.2 Å². The van der Waals surface area contributed by atoms with Crippen LogP contribution in [-0.2, 0) is 24.8 Å². The Kier molecular flexibility index (Phi) is 12.7. The first-order valence-corrected chi connectivity index (χ1v) is 19.1. The number of sulfonamides is 2. The SMILES string of the molecule is Cc1ccc(S(=O)(=O)N(C)C[C@@H]2OCCCC[C@H](C)Oc3ccc(NS(=O)(=O)c4ccccc4)cc3C(=O)N([C@@H](C)CO)C[C@@H]2C)cc1. The van der Waals surface area contributed by atoms with Crippen LogP contribution < -0.4 is 9.46 Å². The van der Waals surface area contributed by atoms with E-state index in [0.29, 0.717) is 25.2 Å². The smallest absolute Gasteiger partial charge is 0.261 e. The van der Waals surface area contributed by atoms with Crippen molar-refractivity contribution in [3.63, 3.8) is 0 Å². The van der Waals surface area contributed by atoms with Gasteiger partial charge >= 0.3 is 0 Å². The topological polar surface area (TPSA) is 143 Å². The zero-order chi connectivity index (χ0) is 35.1. The second-order valence-corrected chi connectivity index (χ2v) is 16.3. The van der Waals surface area contributed by atoms with E-state index in [2.05, 4.69) is 4.72 Å². The number of likely N-dealkylation sites (N-methyl/N-ethyl adjacent to an activating group) is 1. The third-order valence-electron chi connectivity index (χ3n) is 8.52. The zero-order valence-electron chi connectivity index (χ0n) is 28.2. The molecule has 2 N–H and O–H groups in total. The Bertz CT molecular complexity index is 1740. The number of aliphatic hydroxyl groups is 1. The molecule has 262 valence electrons. The van der Waals surface area contributed by atoms with Crippen molar-refractivity contribution in [2.24, 2.45) is 5.92 Å². The lowest BCUT2D eigenvalue weighted by Gasteiger charge is -2.35.